The first kappa shape index (κ1) is 22.9. The number of nitrogens with zero attached hydrogens (tertiary/aromatic N) is 3. The third-order valence-corrected chi connectivity index (χ3v) is 9.14. The Kier molecular flexibility index (Phi) is 6.77. The van der Waals surface area contributed by atoms with E-state index in [2.05, 4.69) is 21.7 Å². The number of hydrogen-bond acceptors (Lipinski definition) is 6. The molecule has 0 spiro atoms. The van der Waals surface area contributed by atoms with Gasteiger partial charge in [0.25, 0.3) is 0 Å². The highest BCUT2D eigenvalue weighted by Gasteiger charge is 2.43. The molecular formula is C24H25ClFN3O2S2. The normalized spacial score (nSPS) is 22.6. The molecule has 0 unspecified atom stereocenters. The molecule has 3 aromatic rings. The van der Waals surface area contributed by atoms with Crippen molar-refractivity contribution >= 4 is 40.5 Å². The Hall–Kier alpha value is -1.90. The lowest BCUT2D eigenvalue weighted by atomic mass is 9.84. The molecule has 9 heteroatoms. The molecule has 0 amide bonds. The van der Waals surface area contributed by atoms with E-state index in [4.69, 9.17) is 16.3 Å². The van der Waals surface area contributed by atoms with E-state index in [1.807, 2.05) is 0 Å². The lowest BCUT2D eigenvalue weighted by molar-refractivity contribution is 0.102. The van der Waals surface area contributed by atoms with Crippen LogP contribution in [0.25, 0.3) is 0 Å². The van der Waals surface area contributed by atoms with Crippen LogP contribution < -0.4 is 4.74 Å². The van der Waals surface area contributed by atoms with Gasteiger partial charge in [-0.25, -0.2) is 4.39 Å². The summed E-state index contributed by atoms with van der Waals surface area (Å²) in [6.07, 6.45) is 5.13. The Labute approximate surface area is 205 Å². The summed E-state index contributed by atoms with van der Waals surface area (Å²) in [7, 11) is 0. The second-order valence-corrected chi connectivity index (χ2v) is 11.5. The maximum Gasteiger partial charge on any atom is 0.192 e. The fourth-order valence-electron chi connectivity index (χ4n) is 5.36. The Morgan fingerprint density at radius 1 is 1.27 bits per heavy atom. The second-order valence-electron chi connectivity index (χ2n) is 8.88. The smallest absolute Gasteiger partial charge is 0.192 e. The molecule has 2 saturated carbocycles. The number of ketones is 1. The molecule has 0 N–H and O–H groups in total. The van der Waals surface area contributed by atoms with Gasteiger partial charge in [-0.3, -0.25) is 9.36 Å². The van der Waals surface area contributed by atoms with Crippen molar-refractivity contribution in [1.29, 1.82) is 0 Å². The molecule has 2 aromatic heterocycles. The van der Waals surface area contributed by atoms with Crippen molar-refractivity contribution in [1.82, 2.24) is 14.8 Å². The summed E-state index contributed by atoms with van der Waals surface area (Å²) in [6.45, 7) is 2.33. The number of para-hydroxylation sites is 1. The van der Waals surface area contributed by atoms with Crippen LogP contribution in [0, 0.1) is 23.6 Å². The lowest BCUT2D eigenvalue weighted by Gasteiger charge is -2.30. The molecule has 2 aliphatic carbocycles. The number of aromatic nitrogens is 3. The maximum absolute atomic E-state index is 14.1. The van der Waals surface area contributed by atoms with Crippen molar-refractivity contribution in [3.8, 4) is 5.75 Å². The highest BCUT2D eigenvalue weighted by molar-refractivity contribution is 7.99. The Balaban J connectivity index is 1.36. The van der Waals surface area contributed by atoms with Crippen molar-refractivity contribution in [2.24, 2.45) is 17.8 Å². The maximum atomic E-state index is 14.1. The number of carbonyl (C=O) groups excluding carboxylic acids is 1. The van der Waals surface area contributed by atoms with Crippen molar-refractivity contribution in [2.75, 3.05) is 5.75 Å². The molecule has 0 saturated heterocycles. The van der Waals surface area contributed by atoms with Crippen molar-refractivity contribution in [3.05, 3.63) is 57.3 Å². The van der Waals surface area contributed by atoms with E-state index >= 15 is 0 Å². The third kappa shape index (κ3) is 4.84. The van der Waals surface area contributed by atoms with Gasteiger partial charge in [0, 0.05) is 6.04 Å². The average molecular weight is 506 g/mol. The lowest BCUT2D eigenvalue weighted by Crippen LogP contribution is -2.24. The average Bonchev–Trinajstić information content (AvgIpc) is 3.60. The molecular weight excluding hydrogens is 481 g/mol. The molecule has 2 aliphatic rings. The van der Waals surface area contributed by atoms with Gasteiger partial charge < -0.3 is 4.74 Å². The first-order valence-electron chi connectivity index (χ1n) is 11.2. The largest absolute Gasteiger partial charge is 0.483 e. The highest BCUT2D eigenvalue weighted by atomic mass is 35.5. The van der Waals surface area contributed by atoms with Crippen LogP contribution in [-0.2, 0) is 6.61 Å². The zero-order valence-corrected chi connectivity index (χ0v) is 20.6. The predicted octanol–water partition coefficient (Wildman–Crippen LogP) is 6.68. The summed E-state index contributed by atoms with van der Waals surface area (Å²) >= 11 is 8.66. The van der Waals surface area contributed by atoms with E-state index in [9.17, 15) is 9.18 Å². The molecule has 2 heterocycles. The van der Waals surface area contributed by atoms with Gasteiger partial charge >= 0.3 is 0 Å². The first-order valence-corrected chi connectivity index (χ1v) is 13.4. The summed E-state index contributed by atoms with van der Waals surface area (Å²) < 4.78 is 22.5. The van der Waals surface area contributed by atoms with Gasteiger partial charge in [0.2, 0.25) is 0 Å². The molecule has 174 valence electrons. The van der Waals surface area contributed by atoms with Crippen LogP contribution >= 0.6 is 34.7 Å². The van der Waals surface area contributed by atoms with Gasteiger partial charge in [-0.05, 0) is 68.2 Å². The minimum Gasteiger partial charge on any atom is -0.483 e. The Morgan fingerprint density at radius 3 is 2.82 bits per heavy atom. The van der Waals surface area contributed by atoms with Crippen molar-refractivity contribution in [2.45, 2.75) is 50.4 Å². The van der Waals surface area contributed by atoms with E-state index in [-0.39, 0.29) is 29.9 Å². The van der Waals surface area contributed by atoms with Crippen LogP contribution in [0.15, 0.2) is 41.6 Å². The van der Waals surface area contributed by atoms with Gasteiger partial charge in [-0.1, -0.05) is 41.9 Å². The number of carbonyl (C=O) groups is 1. The number of fused-ring (bicyclic) bond motifs is 2. The summed E-state index contributed by atoms with van der Waals surface area (Å²) in [5.74, 6) is 2.81. The van der Waals surface area contributed by atoms with Crippen LogP contribution in [0.1, 0.15) is 54.1 Å². The topological polar surface area (TPSA) is 57.0 Å². The van der Waals surface area contributed by atoms with Crippen molar-refractivity contribution in [3.63, 3.8) is 0 Å². The molecule has 0 aliphatic heterocycles. The summed E-state index contributed by atoms with van der Waals surface area (Å²) in [4.78, 5) is 13.3. The number of thioether (sulfide) groups is 1. The zero-order chi connectivity index (χ0) is 22.9. The summed E-state index contributed by atoms with van der Waals surface area (Å²) in [5.41, 5.74) is 0. The van der Waals surface area contributed by atoms with Gasteiger partial charge in [0.1, 0.15) is 6.61 Å². The van der Waals surface area contributed by atoms with Crippen LogP contribution in [0.2, 0.25) is 4.34 Å². The fraction of sp³-hybridized carbons (Fsp3) is 0.458. The zero-order valence-electron chi connectivity index (χ0n) is 18.2. The summed E-state index contributed by atoms with van der Waals surface area (Å²) in [5, 5.41) is 9.49. The number of hydrogen-bond donors (Lipinski definition) is 0. The molecule has 5 nitrogen and oxygen atoms in total. The first-order chi connectivity index (χ1) is 16.0. The van der Waals surface area contributed by atoms with E-state index in [1.54, 1.807) is 30.3 Å². The minimum absolute atomic E-state index is 0.0168. The SMILES string of the molecule is C[C@@H]([C@@H]1C[C@H]2CC[C@@H]1C2)n1c(COc2ccccc2F)nnc1SCC(=O)c1ccc(Cl)s1. The number of rotatable bonds is 9. The Bertz CT molecular complexity index is 1150. The van der Waals surface area contributed by atoms with Gasteiger partial charge in [-0.15, -0.1) is 21.5 Å². The van der Waals surface area contributed by atoms with Gasteiger partial charge in [0.05, 0.1) is 15.0 Å². The van der Waals surface area contributed by atoms with E-state index in [0.717, 1.165) is 11.8 Å². The molecule has 2 bridgehead atoms. The van der Waals surface area contributed by atoms with E-state index in [1.165, 1.54) is 54.8 Å². The molecule has 33 heavy (non-hydrogen) atoms. The molecule has 5 rings (SSSR count). The van der Waals surface area contributed by atoms with E-state index in [0.29, 0.717) is 26.1 Å². The number of thiophene rings is 1. The quantitative estimate of drug-likeness (QED) is 0.240. The summed E-state index contributed by atoms with van der Waals surface area (Å²) in [6, 6.07) is 10.0. The molecule has 4 atom stereocenters. The molecule has 2 fully saturated rings. The predicted molar refractivity (Wildman–Crippen MR) is 129 cm³/mol. The third-order valence-electron chi connectivity index (χ3n) is 6.93. The van der Waals surface area contributed by atoms with Gasteiger partial charge in [-0.2, -0.15) is 0 Å². The molecule has 0 radical (unpaired) electrons. The number of Topliss-reactive ketones (excluding diaryl/α,β-unsaturated/α-hetero) is 1. The van der Waals surface area contributed by atoms with Crippen LogP contribution in [-0.4, -0.2) is 26.3 Å². The van der Waals surface area contributed by atoms with Crippen LogP contribution in [0.3, 0.4) is 0 Å². The minimum atomic E-state index is -0.403. The highest BCUT2D eigenvalue weighted by Crippen LogP contribution is 2.52. The monoisotopic (exact) mass is 505 g/mol. The van der Waals surface area contributed by atoms with Gasteiger partial charge in [0.15, 0.2) is 28.3 Å². The number of benzene rings is 1. The number of ether oxygens (including phenoxy) is 1. The number of halogens is 2. The molecule has 1 aromatic carbocycles. The van der Waals surface area contributed by atoms with E-state index < -0.39 is 5.82 Å². The second kappa shape index (κ2) is 9.76. The Morgan fingerprint density at radius 2 is 2.12 bits per heavy atom. The van der Waals surface area contributed by atoms with Crippen molar-refractivity contribution < 1.29 is 13.9 Å². The van der Waals surface area contributed by atoms with Crippen LogP contribution in [0.4, 0.5) is 4.39 Å². The fourth-order valence-corrected chi connectivity index (χ4v) is 7.36. The van der Waals surface area contributed by atoms with Crippen LogP contribution in [0.5, 0.6) is 5.75 Å². The standard InChI is InChI=1S/C24H25ClFN3O2S2/c1-14(17-11-15-6-7-16(17)10-15)29-23(12-31-20-5-3-2-4-18(20)26)27-28-24(29)32-13-19(30)21-8-9-22(25)33-21/h2-5,8-9,14-17H,6-7,10-13H2,1H3/t14-,15-,16+,17-/m0/s1.